The molecule has 0 saturated heterocycles. The SMILES string of the molecule is O=C(P)c1c(Cl)cc(Cl)cc1Cl.[CH2-]CCC.[Li+]. The van der Waals surface area contributed by atoms with Crippen LogP contribution in [0.15, 0.2) is 12.1 Å². The third-order valence-electron chi connectivity index (χ3n) is 1.61. The van der Waals surface area contributed by atoms with Crippen LogP contribution in [0.1, 0.15) is 30.1 Å². The van der Waals surface area contributed by atoms with Gasteiger partial charge in [0.25, 0.3) is 0 Å². The van der Waals surface area contributed by atoms with Gasteiger partial charge in [0, 0.05) is 5.02 Å². The Morgan fingerprint density at radius 2 is 1.65 bits per heavy atom. The van der Waals surface area contributed by atoms with Crippen LogP contribution < -0.4 is 18.9 Å². The van der Waals surface area contributed by atoms with Gasteiger partial charge in [0.1, 0.15) is 0 Å². The van der Waals surface area contributed by atoms with Gasteiger partial charge in [-0.25, -0.2) is 0 Å². The molecule has 0 fully saturated rings. The molecule has 6 heteroatoms. The molecule has 0 bridgehead atoms. The van der Waals surface area contributed by atoms with Crippen molar-refractivity contribution < 1.29 is 23.7 Å². The van der Waals surface area contributed by atoms with Crippen LogP contribution in [-0.2, 0) is 0 Å². The van der Waals surface area contributed by atoms with E-state index in [4.69, 9.17) is 34.8 Å². The van der Waals surface area contributed by atoms with E-state index in [-0.39, 0.29) is 40.0 Å². The number of carbonyl (C=O) groups excluding carboxylic acids is 1. The summed E-state index contributed by atoms with van der Waals surface area (Å²) in [6.07, 6.45) is 2.28. The van der Waals surface area contributed by atoms with E-state index in [2.05, 4.69) is 13.8 Å². The van der Waals surface area contributed by atoms with Gasteiger partial charge in [-0.2, -0.15) is 6.42 Å². The van der Waals surface area contributed by atoms with E-state index in [0.717, 1.165) is 6.42 Å². The standard InChI is InChI=1S/C7H4Cl3OP.C4H9.Li/c8-3-1-4(9)6(7(11)12)5(10)2-3;1-3-4-2;/h1-2H,12H2;1,3-4H2,2H3;/q;-1;+1. The zero-order valence-corrected chi connectivity index (χ0v) is 13.3. The first kappa shape index (κ1) is 20.1. The fraction of sp³-hybridized carbons (Fsp3) is 0.273. The van der Waals surface area contributed by atoms with Crippen LogP contribution in [0.3, 0.4) is 0 Å². The second-order valence-corrected chi connectivity index (χ2v) is 4.74. The maximum absolute atomic E-state index is 10.9. The minimum Gasteiger partial charge on any atom is -0.343 e. The van der Waals surface area contributed by atoms with E-state index in [9.17, 15) is 4.79 Å². The van der Waals surface area contributed by atoms with Crippen molar-refractivity contribution in [3.63, 3.8) is 0 Å². The van der Waals surface area contributed by atoms with Crippen LogP contribution in [-0.4, -0.2) is 5.52 Å². The van der Waals surface area contributed by atoms with E-state index >= 15 is 0 Å². The smallest absolute Gasteiger partial charge is 0.343 e. The molecular formula is C11H13Cl3LiOP. The number of rotatable bonds is 2. The average Bonchev–Trinajstić information content (AvgIpc) is 2.15. The van der Waals surface area contributed by atoms with Crippen LogP contribution in [0.2, 0.25) is 15.1 Å². The van der Waals surface area contributed by atoms with Gasteiger partial charge >= 0.3 is 18.9 Å². The third kappa shape index (κ3) is 7.73. The summed E-state index contributed by atoms with van der Waals surface area (Å²) in [4.78, 5) is 10.9. The summed E-state index contributed by atoms with van der Waals surface area (Å²) in [6.45, 7) is 5.72. The fourth-order valence-corrected chi connectivity index (χ4v) is 2.27. The zero-order valence-electron chi connectivity index (χ0n) is 9.90. The van der Waals surface area contributed by atoms with Gasteiger partial charge in [0.05, 0.1) is 15.6 Å². The monoisotopic (exact) mass is 304 g/mol. The first-order chi connectivity index (χ1) is 7.43. The fourth-order valence-electron chi connectivity index (χ4n) is 0.778. The molecule has 0 aliphatic heterocycles. The molecule has 0 N–H and O–H groups in total. The molecule has 0 spiro atoms. The average molecular weight is 305 g/mol. The molecule has 90 valence electrons. The molecule has 1 nitrogen and oxygen atoms in total. The number of benzene rings is 1. The van der Waals surface area contributed by atoms with Crippen LogP contribution in [0.5, 0.6) is 0 Å². The Kier molecular flexibility index (Phi) is 12.6. The Hall–Kier alpha value is 0.787. The first-order valence-corrected chi connectivity index (χ1v) is 6.38. The molecular weight excluding hydrogens is 292 g/mol. The van der Waals surface area contributed by atoms with Gasteiger partial charge in [-0.15, -0.1) is 0 Å². The third-order valence-corrected chi connectivity index (χ3v) is 2.71. The van der Waals surface area contributed by atoms with Gasteiger partial charge in [-0.05, 0) is 12.1 Å². The molecule has 1 aromatic rings. The summed E-state index contributed by atoms with van der Waals surface area (Å²) in [7, 11) is 2.01. The van der Waals surface area contributed by atoms with Gasteiger partial charge in [-0.3, -0.25) is 4.79 Å². The van der Waals surface area contributed by atoms with Crippen molar-refractivity contribution in [3.05, 3.63) is 39.7 Å². The second-order valence-electron chi connectivity index (χ2n) is 2.96. The van der Waals surface area contributed by atoms with Crippen molar-refractivity contribution in [1.29, 1.82) is 0 Å². The number of unbranched alkanes of at least 4 members (excludes halogenated alkanes) is 1. The molecule has 1 unspecified atom stereocenters. The summed E-state index contributed by atoms with van der Waals surface area (Å²) in [6, 6.07) is 2.96. The normalized spacial score (nSPS) is 8.82. The van der Waals surface area contributed by atoms with Gasteiger partial charge < -0.3 is 6.92 Å². The van der Waals surface area contributed by atoms with Gasteiger partial charge in [0.2, 0.25) is 0 Å². The van der Waals surface area contributed by atoms with E-state index in [1.807, 2.05) is 9.24 Å². The molecule has 0 aromatic heterocycles. The number of hydrogen-bond donors (Lipinski definition) is 0. The van der Waals surface area contributed by atoms with Crippen molar-refractivity contribution in [1.82, 2.24) is 0 Å². The molecule has 1 atom stereocenters. The van der Waals surface area contributed by atoms with Crippen molar-refractivity contribution in [2.45, 2.75) is 19.8 Å². The van der Waals surface area contributed by atoms with Gasteiger partial charge in [-0.1, -0.05) is 57.4 Å². The van der Waals surface area contributed by atoms with Crippen molar-refractivity contribution in [3.8, 4) is 0 Å². The molecule has 0 aliphatic rings. The second kappa shape index (κ2) is 10.7. The summed E-state index contributed by atoms with van der Waals surface area (Å²) in [5.41, 5.74) is 0.0365. The van der Waals surface area contributed by atoms with E-state index in [1.54, 1.807) is 0 Å². The van der Waals surface area contributed by atoms with Gasteiger partial charge in [0.15, 0.2) is 5.52 Å². The summed E-state index contributed by atoms with van der Waals surface area (Å²) in [5, 5.41) is 0.958. The maximum Gasteiger partial charge on any atom is 1.00 e. The number of hydrogen-bond acceptors (Lipinski definition) is 1. The summed E-state index contributed by atoms with van der Waals surface area (Å²) >= 11 is 17.1. The molecule has 17 heavy (non-hydrogen) atoms. The minimum absolute atomic E-state index is 0. The van der Waals surface area contributed by atoms with Crippen molar-refractivity contribution in [2.24, 2.45) is 0 Å². The Balaban J connectivity index is 0. The molecule has 0 heterocycles. The maximum atomic E-state index is 10.9. The Labute approximate surface area is 132 Å². The van der Waals surface area contributed by atoms with E-state index < -0.39 is 0 Å². The Bertz CT molecular complexity index is 347. The predicted octanol–water partition coefficient (Wildman–Crippen LogP) is 2.29. The predicted molar refractivity (Wildman–Crippen MR) is 75.8 cm³/mol. The summed E-state index contributed by atoms with van der Waals surface area (Å²) < 4.78 is 0. The molecule has 1 aromatic carbocycles. The van der Waals surface area contributed by atoms with Crippen LogP contribution >= 0.6 is 44.0 Å². The zero-order chi connectivity index (χ0) is 12.7. The first-order valence-electron chi connectivity index (χ1n) is 4.67. The largest absolute Gasteiger partial charge is 1.00 e. The van der Waals surface area contributed by atoms with Crippen molar-refractivity contribution in [2.75, 3.05) is 0 Å². The van der Waals surface area contributed by atoms with E-state index in [1.165, 1.54) is 18.6 Å². The summed E-state index contributed by atoms with van der Waals surface area (Å²) in [5.74, 6) is 0. The molecule has 0 radical (unpaired) electrons. The Morgan fingerprint density at radius 3 is 1.88 bits per heavy atom. The van der Waals surface area contributed by atoms with Crippen LogP contribution in [0, 0.1) is 6.92 Å². The number of carbonyl (C=O) groups is 1. The molecule has 0 aliphatic carbocycles. The van der Waals surface area contributed by atoms with Crippen LogP contribution in [0.4, 0.5) is 0 Å². The Morgan fingerprint density at radius 1 is 1.29 bits per heavy atom. The minimum atomic E-state index is -0.248. The number of halogens is 3. The molecule has 0 saturated carbocycles. The topological polar surface area (TPSA) is 17.1 Å². The molecule has 0 amide bonds. The molecule has 1 rings (SSSR count). The van der Waals surface area contributed by atoms with Crippen LogP contribution in [0.25, 0.3) is 0 Å². The van der Waals surface area contributed by atoms with E-state index in [0.29, 0.717) is 5.02 Å². The van der Waals surface area contributed by atoms with Crippen molar-refractivity contribution >= 4 is 49.6 Å². The quantitative estimate of drug-likeness (QED) is 0.465.